The number of benzene rings is 1. The third-order valence-electron chi connectivity index (χ3n) is 6.06. The molecule has 11 nitrogen and oxygen atoms in total. The van der Waals surface area contributed by atoms with E-state index in [1.54, 1.807) is 41.0 Å². The number of ether oxygens (including phenoxy) is 3. The van der Waals surface area contributed by atoms with E-state index in [1.807, 2.05) is 6.92 Å². The highest BCUT2D eigenvalue weighted by Gasteiger charge is 2.44. The molecule has 4 aromatic rings. The molecule has 0 spiro atoms. The molecule has 0 radical (unpaired) electrons. The quantitative estimate of drug-likeness (QED) is 0.307. The zero-order chi connectivity index (χ0) is 27.1. The lowest BCUT2D eigenvalue weighted by atomic mass is 10.2. The summed E-state index contributed by atoms with van der Waals surface area (Å²) < 4.78 is 44.2. The van der Waals surface area contributed by atoms with E-state index in [-0.39, 0.29) is 27.9 Å². The average molecular weight is 560 g/mol. The maximum Gasteiger partial charge on any atom is 0.213 e. The lowest BCUT2D eigenvalue weighted by molar-refractivity contribution is 0.174. The van der Waals surface area contributed by atoms with Crippen molar-refractivity contribution in [1.82, 2.24) is 24.5 Å². The first kappa shape index (κ1) is 26.1. The van der Waals surface area contributed by atoms with Gasteiger partial charge in [0, 0.05) is 6.07 Å². The number of fused-ring (bicyclic) bond motifs is 1. The van der Waals surface area contributed by atoms with Gasteiger partial charge in [0.2, 0.25) is 5.88 Å². The molecule has 1 aromatic carbocycles. The third kappa shape index (κ3) is 5.11. The van der Waals surface area contributed by atoms with E-state index in [0.717, 1.165) is 0 Å². The highest BCUT2D eigenvalue weighted by atomic mass is 35.5. The number of aromatic nitrogens is 5. The minimum Gasteiger partial charge on any atom is -0.494 e. The van der Waals surface area contributed by atoms with E-state index in [2.05, 4.69) is 19.9 Å². The molecule has 0 unspecified atom stereocenters. The lowest BCUT2D eigenvalue weighted by Gasteiger charge is -2.16. The van der Waals surface area contributed by atoms with Crippen LogP contribution in [0.3, 0.4) is 0 Å². The second-order valence-electron chi connectivity index (χ2n) is 8.94. The molecule has 0 aliphatic heterocycles. The molecular formula is C25H26ClN5O6S. The van der Waals surface area contributed by atoms with Crippen LogP contribution in [0.5, 0.6) is 17.4 Å². The standard InChI is InChI=1S/C25H26ClN5O6S/c1-4-37-19-10-5-7-15(27-19)23-30-22-24(31(23)20-17(35-2)8-6-9-18(20)36-3)28-16(21(26)29-22)13-38(33,34)14-25(32)11-12-25/h5-10,32H,4,11-14H2,1-3H3. The summed E-state index contributed by atoms with van der Waals surface area (Å²) in [4.78, 5) is 18.2. The number of hydrogen-bond donors (Lipinski definition) is 1. The fourth-order valence-corrected chi connectivity index (χ4v) is 6.26. The second kappa shape index (κ2) is 10.0. The third-order valence-corrected chi connectivity index (χ3v) is 8.05. The summed E-state index contributed by atoms with van der Waals surface area (Å²) in [5, 5.41) is 10.1. The smallest absolute Gasteiger partial charge is 0.213 e. The number of hydrogen-bond acceptors (Lipinski definition) is 10. The number of pyridine rings is 1. The lowest BCUT2D eigenvalue weighted by Crippen LogP contribution is -2.23. The van der Waals surface area contributed by atoms with Crippen molar-refractivity contribution in [3.8, 4) is 34.6 Å². The van der Waals surface area contributed by atoms with Gasteiger partial charge in [0.05, 0.1) is 43.6 Å². The maximum atomic E-state index is 12.9. The predicted molar refractivity (Wildman–Crippen MR) is 141 cm³/mol. The van der Waals surface area contributed by atoms with Gasteiger partial charge in [-0.15, -0.1) is 0 Å². The number of para-hydroxylation sites is 1. The Morgan fingerprint density at radius 3 is 2.34 bits per heavy atom. The molecule has 0 atom stereocenters. The van der Waals surface area contributed by atoms with Gasteiger partial charge >= 0.3 is 0 Å². The van der Waals surface area contributed by atoms with Gasteiger partial charge in [-0.05, 0) is 38.0 Å². The molecule has 5 rings (SSSR count). The Labute approximate surface area is 224 Å². The average Bonchev–Trinajstić information content (AvgIpc) is 3.49. The first-order chi connectivity index (χ1) is 18.2. The summed E-state index contributed by atoms with van der Waals surface area (Å²) in [5.74, 6) is 0.792. The zero-order valence-corrected chi connectivity index (χ0v) is 22.6. The first-order valence-electron chi connectivity index (χ1n) is 11.9. The predicted octanol–water partition coefficient (Wildman–Crippen LogP) is 3.39. The van der Waals surface area contributed by atoms with E-state index in [9.17, 15) is 13.5 Å². The van der Waals surface area contributed by atoms with Gasteiger partial charge in [0.1, 0.15) is 22.9 Å². The summed E-state index contributed by atoms with van der Waals surface area (Å²) in [7, 11) is -0.682. The normalized spacial score (nSPS) is 14.4. The van der Waals surface area contributed by atoms with Crippen molar-refractivity contribution in [3.05, 3.63) is 47.2 Å². The fourth-order valence-electron chi connectivity index (χ4n) is 4.16. The molecular weight excluding hydrogens is 534 g/mol. The van der Waals surface area contributed by atoms with Crippen molar-refractivity contribution in [1.29, 1.82) is 0 Å². The Bertz CT molecular complexity index is 1600. The van der Waals surface area contributed by atoms with Crippen molar-refractivity contribution in [3.63, 3.8) is 0 Å². The van der Waals surface area contributed by atoms with E-state index in [0.29, 0.717) is 54.0 Å². The van der Waals surface area contributed by atoms with Crippen LogP contribution in [0.2, 0.25) is 5.15 Å². The van der Waals surface area contributed by atoms with Crippen LogP contribution < -0.4 is 14.2 Å². The van der Waals surface area contributed by atoms with Gasteiger partial charge in [-0.25, -0.2) is 28.4 Å². The minimum absolute atomic E-state index is 0.0426. The summed E-state index contributed by atoms with van der Waals surface area (Å²) in [6, 6.07) is 10.5. The van der Waals surface area contributed by atoms with Crippen LogP contribution in [-0.4, -0.2) is 70.2 Å². The second-order valence-corrected chi connectivity index (χ2v) is 11.4. The Morgan fingerprint density at radius 2 is 1.71 bits per heavy atom. The number of rotatable bonds is 10. The van der Waals surface area contributed by atoms with Crippen LogP contribution >= 0.6 is 11.6 Å². The Morgan fingerprint density at radius 1 is 1.03 bits per heavy atom. The van der Waals surface area contributed by atoms with Crippen molar-refractivity contribution >= 4 is 32.7 Å². The molecule has 0 saturated heterocycles. The van der Waals surface area contributed by atoms with E-state index in [1.165, 1.54) is 14.2 Å². The SMILES string of the molecule is CCOc1cccc(-c2nc3nc(Cl)c(CS(=O)(=O)CC4(O)CC4)nc3n2-c2c(OC)cccc2OC)n1. The molecule has 1 aliphatic carbocycles. The Balaban J connectivity index is 1.75. The number of aliphatic hydroxyl groups is 1. The molecule has 3 heterocycles. The number of halogens is 1. The van der Waals surface area contributed by atoms with Crippen molar-refractivity contribution < 1.29 is 27.7 Å². The van der Waals surface area contributed by atoms with Crippen molar-refractivity contribution in [2.75, 3.05) is 26.6 Å². The van der Waals surface area contributed by atoms with Crippen molar-refractivity contribution in [2.24, 2.45) is 0 Å². The Hall–Kier alpha value is -3.48. The number of imidazole rings is 1. The number of methoxy groups -OCH3 is 2. The molecule has 1 N–H and O–H groups in total. The largest absolute Gasteiger partial charge is 0.494 e. The van der Waals surface area contributed by atoms with Gasteiger partial charge in [-0.1, -0.05) is 23.7 Å². The molecule has 1 fully saturated rings. The maximum absolute atomic E-state index is 12.9. The summed E-state index contributed by atoms with van der Waals surface area (Å²) >= 11 is 6.40. The van der Waals surface area contributed by atoms with Gasteiger partial charge in [-0.3, -0.25) is 4.57 Å². The summed E-state index contributed by atoms with van der Waals surface area (Å²) in [6.07, 6.45) is 0.893. The first-order valence-corrected chi connectivity index (χ1v) is 14.1. The monoisotopic (exact) mass is 559 g/mol. The highest BCUT2D eigenvalue weighted by Crippen LogP contribution is 2.39. The van der Waals surface area contributed by atoms with Crippen LogP contribution in [-0.2, 0) is 15.6 Å². The Kier molecular flexibility index (Phi) is 6.88. The summed E-state index contributed by atoms with van der Waals surface area (Å²) in [6.45, 7) is 2.29. The van der Waals surface area contributed by atoms with Crippen LogP contribution in [0.4, 0.5) is 0 Å². The van der Waals surface area contributed by atoms with Gasteiger partial charge in [0.15, 0.2) is 32.1 Å². The van der Waals surface area contributed by atoms with E-state index in [4.69, 9.17) is 25.8 Å². The van der Waals surface area contributed by atoms with Gasteiger partial charge in [0.25, 0.3) is 0 Å². The van der Waals surface area contributed by atoms with Crippen LogP contribution in [0.15, 0.2) is 36.4 Å². The zero-order valence-electron chi connectivity index (χ0n) is 21.0. The molecule has 200 valence electrons. The summed E-state index contributed by atoms with van der Waals surface area (Å²) in [5.41, 5.74) is 0.178. The highest BCUT2D eigenvalue weighted by molar-refractivity contribution is 7.90. The molecule has 13 heteroatoms. The molecule has 38 heavy (non-hydrogen) atoms. The van der Waals surface area contributed by atoms with Crippen LogP contribution in [0.25, 0.3) is 28.5 Å². The van der Waals surface area contributed by atoms with Crippen molar-refractivity contribution in [2.45, 2.75) is 31.1 Å². The van der Waals surface area contributed by atoms with E-state index < -0.39 is 21.2 Å². The van der Waals surface area contributed by atoms with Gasteiger partial charge in [-0.2, -0.15) is 0 Å². The number of nitrogens with zero attached hydrogens (tertiary/aromatic N) is 5. The molecule has 3 aromatic heterocycles. The van der Waals surface area contributed by atoms with Gasteiger partial charge < -0.3 is 19.3 Å². The van der Waals surface area contributed by atoms with E-state index >= 15 is 0 Å². The van der Waals surface area contributed by atoms with Crippen LogP contribution in [0.1, 0.15) is 25.5 Å². The molecule has 0 amide bonds. The minimum atomic E-state index is -3.73. The molecule has 1 aliphatic rings. The van der Waals surface area contributed by atoms with Crippen LogP contribution in [0, 0.1) is 0 Å². The molecule has 1 saturated carbocycles. The number of sulfone groups is 1. The fraction of sp³-hybridized carbons (Fsp3) is 0.360. The molecule has 0 bridgehead atoms. The topological polar surface area (TPSA) is 139 Å².